The Morgan fingerprint density at radius 3 is 2.44 bits per heavy atom. The molecule has 5 rings (SSSR count). The van der Waals surface area contributed by atoms with E-state index in [1.807, 2.05) is 52.4 Å². The number of ether oxygens (including phenoxy) is 1. The number of nitrogens with zero attached hydrogens (tertiary/aromatic N) is 2. The Balaban J connectivity index is 1.50. The molecule has 0 spiro atoms. The third-order valence-corrected chi connectivity index (χ3v) is 8.56. The van der Waals surface area contributed by atoms with Gasteiger partial charge in [0, 0.05) is 29.6 Å². The van der Waals surface area contributed by atoms with E-state index in [1.165, 1.54) is 0 Å². The molecule has 3 heterocycles. The van der Waals surface area contributed by atoms with Crippen LogP contribution in [0.2, 0.25) is 0 Å². The molecule has 1 aromatic heterocycles. The number of carbonyl (C=O) groups excluding carboxylic acids is 3. The number of rotatable bonds is 5. The molecular weight excluding hydrogens is 448 g/mol. The van der Waals surface area contributed by atoms with Crippen molar-refractivity contribution in [2.24, 2.45) is 5.92 Å². The number of fused-ring (bicyclic) bond motifs is 1. The molecule has 1 saturated heterocycles. The van der Waals surface area contributed by atoms with Gasteiger partial charge in [0.05, 0.1) is 24.5 Å². The van der Waals surface area contributed by atoms with Crippen LogP contribution in [0, 0.1) is 5.92 Å². The summed E-state index contributed by atoms with van der Waals surface area (Å²) < 4.78 is 5.20. The summed E-state index contributed by atoms with van der Waals surface area (Å²) in [5.41, 5.74) is 1.49. The first kappa shape index (κ1) is 23.1. The van der Waals surface area contributed by atoms with E-state index in [0.29, 0.717) is 38.1 Å². The Kier molecular flexibility index (Phi) is 6.73. The van der Waals surface area contributed by atoms with Gasteiger partial charge in [0.1, 0.15) is 0 Å². The van der Waals surface area contributed by atoms with Crippen LogP contribution in [0.3, 0.4) is 0 Å². The van der Waals surface area contributed by atoms with Crippen molar-refractivity contribution in [2.45, 2.75) is 63.5 Å². The number of thiophene rings is 1. The molecule has 1 aliphatic carbocycles. The predicted octanol–water partition coefficient (Wildman–Crippen LogP) is 4.77. The maximum Gasteiger partial charge on any atom is 0.309 e. The summed E-state index contributed by atoms with van der Waals surface area (Å²) in [5, 5.41) is 2.03. The zero-order valence-corrected chi connectivity index (χ0v) is 20.5. The Bertz CT molecular complexity index is 1040. The van der Waals surface area contributed by atoms with E-state index in [0.717, 1.165) is 36.1 Å². The van der Waals surface area contributed by atoms with E-state index in [9.17, 15) is 14.4 Å². The molecule has 0 bridgehead atoms. The minimum Gasteiger partial charge on any atom is -0.466 e. The van der Waals surface area contributed by atoms with Gasteiger partial charge in [0.25, 0.3) is 5.91 Å². The van der Waals surface area contributed by atoms with Crippen molar-refractivity contribution in [3.8, 4) is 0 Å². The molecule has 0 N–H and O–H groups in total. The molecule has 2 amide bonds. The number of amides is 2. The molecule has 2 aliphatic heterocycles. The minimum absolute atomic E-state index is 0.0472. The molecule has 7 heteroatoms. The third kappa shape index (κ3) is 4.15. The Hall–Kier alpha value is -2.67. The van der Waals surface area contributed by atoms with E-state index >= 15 is 0 Å². The average Bonchev–Trinajstić information content (AvgIpc) is 3.58. The summed E-state index contributed by atoms with van der Waals surface area (Å²) in [7, 11) is 0. The molecule has 0 unspecified atom stereocenters. The standard InChI is InChI=1S/C27H32N2O4S/c1-2-33-27(32)18-13-15-28(16-14-18)26(31)23-20-10-5-6-11-21(20)25(30)29(19-8-3-4-9-19)24(23)22-12-7-17-34-22/h5-7,10-12,17-19,23-24H,2-4,8-9,13-16H2,1H3/t23-,24-/m1/s1. The number of esters is 1. The maximum atomic E-state index is 14.2. The average molecular weight is 481 g/mol. The molecular formula is C27H32N2O4S. The van der Waals surface area contributed by atoms with Crippen LogP contribution < -0.4 is 0 Å². The molecule has 1 aromatic carbocycles. The molecule has 34 heavy (non-hydrogen) atoms. The maximum absolute atomic E-state index is 14.2. The van der Waals surface area contributed by atoms with Gasteiger partial charge in [-0.3, -0.25) is 14.4 Å². The van der Waals surface area contributed by atoms with E-state index in [-0.39, 0.29) is 35.8 Å². The lowest BCUT2D eigenvalue weighted by Gasteiger charge is -2.46. The van der Waals surface area contributed by atoms with Crippen molar-refractivity contribution in [1.29, 1.82) is 0 Å². The highest BCUT2D eigenvalue weighted by molar-refractivity contribution is 7.10. The predicted molar refractivity (Wildman–Crippen MR) is 131 cm³/mol. The lowest BCUT2D eigenvalue weighted by molar-refractivity contribution is -0.151. The van der Waals surface area contributed by atoms with E-state index < -0.39 is 5.92 Å². The van der Waals surface area contributed by atoms with Crippen molar-refractivity contribution in [2.75, 3.05) is 19.7 Å². The van der Waals surface area contributed by atoms with Crippen LogP contribution in [0.15, 0.2) is 41.8 Å². The molecule has 3 aliphatic rings. The Labute approximate surface area is 204 Å². The fraction of sp³-hybridized carbons (Fsp3) is 0.519. The number of carbonyl (C=O) groups is 3. The summed E-state index contributed by atoms with van der Waals surface area (Å²) in [6, 6.07) is 11.6. The first-order valence-electron chi connectivity index (χ1n) is 12.5. The van der Waals surface area contributed by atoms with Crippen molar-refractivity contribution in [3.63, 3.8) is 0 Å². The van der Waals surface area contributed by atoms with Gasteiger partial charge in [-0.05, 0) is 55.7 Å². The third-order valence-electron chi connectivity index (χ3n) is 7.62. The Morgan fingerprint density at radius 1 is 1.03 bits per heavy atom. The molecule has 2 fully saturated rings. The molecule has 2 atom stereocenters. The van der Waals surface area contributed by atoms with Crippen LogP contribution in [0.4, 0.5) is 0 Å². The largest absolute Gasteiger partial charge is 0.466 e. The second kappa shape index (κ2) is 9.90. The molecule has 1 saturated carbocycles. The van der Waals surface area contributed by atoms with E-state index in [1.54, 1.807) is 11.3 Å². The summed E-state index contributed by atoms with van der Waals surface area (Å²) in [5.74, 6) is -0.638. The quantitative estimate of drug-likeness (QED) is 0.578. The number of hydrogen-bond donors (Lipinski definition) is 0. The van der Waals surface area contributed by atoms with Gasteiger partial charge < -0.3 is 14.5 Å². The highest BCUT2D eigenvalue weighted by Gasteiger charge is 2.48. The van der Waals surface area contributed by atoms with Crippen molar-refractivity contribution >= 4 is 29.1 Å². The van der Waals surface area contributed by atoms with Gasteiger partial charge in [-0.2, -0.15) is 0 Å². The smallest absolute Gasteiger partial charge is 0.309 e. The molecule has 2 aromatic rings. The molecule has 6 nitrogen and oxygen atoms in total. The van der Waals surface area contributed by atoms with Crippen LogP contribution in [0.5, 0.6) is 0 Å². The molecule has 180 valence electrons. The fourth-order valence-electron chi connectivity index (χ4n) is 5.96. The highest BCUT2D eigenvalue weighted by Crippen LogP contribution is 2.48. The summed E-state index contributed by atoms with van der Waals surface area (Å²) in [6.07, 6.45) is 5.45. The van der Waals surface area contributed by atoms with Crippen molar-refractivity contribution in [3.05, 3.63) is 57.8 Å². The van der Waals surface area contributed by atoms with Gasteiger partial charge >= 0.3 is 5.97 Å². The van der Waals surface area contributed by atoms with Crippen molar-refractivity contribution in [1.82, 2.24) is 9.80 Å². The highest BCUT2D eigenvalue weighted by atomic mass is 32.1. The number of benzene rings is 1. The topological polar surface area (TPSA) is 66.9 Å². The lowest BCUT2D eigenvalue weighted by Crippen LogP contribution is -2.52. The zero-order valence-electron chi connectivity index (χ0n) is 19.7. The summed E-state index contributed by atoms with van der Waals surface area (Å²) >= 11 is 1.62. The van der Waals surface area contributed by atoms with E-state index in [2.05, 4.69) is 6.07 Å². The van der Waals surface area contributed by atoms with Gasteiger partial charge in [-0.25, -0.2) is 0 Å². The van der Waals surface area contributed by atoms with Crippen LogP contribution in [-0.4, -0.2) is 53.3 Å². The SMILES string of the molecule is CCOC(=O)C1CCN(C(=O)[C@@H]2c3ccccc3C(=O)N(C3CCCC3)[C@@H]2c2cccs2)CC1. The van der Waals surface area contributed by atoms with Crippen molar-refractivity contribution < 1.29 is 19.1 Å². The first-order chi connectivity index (χ1) is 16.6. The van der Waals surface area contributed by atoms with Crippen LogP contribution in [0.1, 0.15) is 78.2 Å². The second-order valence-corrected chi connectivity index (χ2v) is 10.5. The lowest BCUT2D eigenvalue weighted by atomic mass is 9.79. The van der Waals surface area contributed by atoms with Crippen LogP contribution >= 0.6 is 11.3 Å². The van der Waals surface area contributed by atoms with Crippen LogP contribution in [0.25, 0.3) is 0 Å². The zero-order chi connectivity index (χ0) is 23.7. The van der Waals surface area contributed by atoms with Gasteiger partial charge in [0.2, 0.25) is 5.91 Å². The van der Waals surface area contributed by atoms with E-state index in [4.69, 9.17) is 4.74 Å². The number of likely N-dealkylation sites (tertiary alicyclic amines) is 1. The monoisotopic (exact) mass is 480 g/mol. The van der Waals surface area contributed by atoms with Gasteiger partial charge in [-0.15, -0.1) is 11.3 Å². The number of hydrogen-bond acceptors (Lipinski definition) is 5. The first-order valence-corrected chi connectivity index (χ1v) is 13.4. The molecule has 0 radical (unpaired) electrons. The second-order valence-electron chi connectivity index (χ2n) is 9.53. The number of piperidine rings is 1. The Morgan fingerprint density at radius 2 is 1.76 bits per heavy atom. The normalized spacial score (nSPS) is 23.7. The fourth-order valence-corrected chi connectivity index (χ4v) is 6.82. The van der Waals surface area contributed by atoms with Crippen LogP contribution in [-0.2, 0) is 14.3 Å². The van der Waals surface area contributed by atoms with Gasteiger partial charge in [-0.1, -0.05) is 37.1 Å². The summed E-state index contributed by atoms with van der Waals surface area (Å²) in [4.78, 5) is 45.2. The summed E-state index contributed by atoms with van der Waals surface area (Å²) in [6.45, 7) is 3.27. The van der Waals surface area contributed by atoms with Gasteiger partial charge in [0.15, 0.2) is 0 Å². The minimum atomic E-state index is -0.438.